The van der Waals surface area contributed by atoms with Crippen molar-refractivity contribution >= 4 is 17.7 Å². The van der Waals surface area contributed by atoms with Gasteiger partial charge < -0.3 is 9.67 Å². The monoisotopic (exact) mass is 282 g/mol. The Bertz CT molecular complexity index is 445. The molecule has 1 saturated carbocycles. The lowest BCUT2D eigenvalue weighted by Gasteiger charge is -2.29. The molecule has 2 atom stereocenters. The molecule has 1 aromatic heterocycles. The fourth-order valence-corrected chi connectivity index (χ4v) is 3.56. The average Bonchev–Trinajstić information content (AvgIpc) is 2.71. The predicted molar refractivity (Wildman–Crippen MR) is 76.4 cm³/mol. The lowest BCUT2D eigenvalue weighted by atomic mass is 9.80. The van der Waals surface area contributed by atoms with Crippen molar-refractivity contribution in [2.75, 3.05) is 5.75 Å². The van der Waals surface area contributed by atoms with Crippen LogP contribution in [0.25, 0.3) is 0 Å². The van der Waals surface area contributed by atoms with Crippen LogP contribution in [-0.2, 0) is 11.3 Å². The Morgan fingerprint density at radius 2 is 2.26 bits per heavy atom. The highest BCUT2D eigenvalue weighted by molar-refractivity contribution is 7.99. The van der Waals surface area contributed by atoms with Gasteiger partial charge in [-0.3, -0.25) is 4.79 Å². The van der Waals surface area contributed by atoms with E-state index in [1.807, 2.05) is 13.1 Å². The number of nitrogens with zero attached hydrogens (tertiary/aromatic N) is 2. The van der Waals surface area contributed by atoms with Crippen LogP contribution in [0, 0.1) is 18.8 Å². The molecule has 1 N–H and O–H groups in total. The number of imidazole rings is 1. The van der Waals surface area contributed by atoms with Gasteiger partial charge in [-0.1, -0.05) is 37.9 Å². The summed E-state index contributed by atoms with van der Waals surface area (Å²) < 4.78 is 2.19. The molecule has 1 aliphatic rings. The SMILES string of the molecule is Cc1cnc(SCC(=O)O)n1CC1CCCCC1C. The van der Waals surface area contributed by atoms with Gasteiger partial charge >= 0.3 is 5.97 Å². The van der Waals surface area contributed by atoms with E-state index >= 15 is 0 Å². The highest BCUT2D eigenvalue weighted by Crippen LogP contribution is 2.32. The first-order valence-electron chi connectivity index (χ1n) is 6.94. The summed E-state index contributed by atoms with van der Waals surface area (Å²) in [4.78, 5) is 15.0. The topological polar surface area (TPSA) is 55.1 Å². The number of hydrogen-bond donors (Lipinski definition) is 1. The van der Waals surface area contributed by atoms with Gasteiger partial charge in [-0.05, 0) is 25.2 Å². The first-order chi connectivity index (χ1) is 9.08. The van der Waals surface area contributed by atoms with Crippen molar-refractivity contribution in [3.8, 4) is 0 Å². The zero-order chi connectivity index (χ0) is 13.8. The summed E-state index contributed by atoms with van der Waals surface area (Å²) in [6, 6.07) is 0. The van der Waals surface area contributed by atoms with Crippen molar-refractivity contribution < 1.29 is 9.90 Å². The number of thioether (sulfide) groups is 1. The van der Waals surface area contributed by atoms with E-state index in [0.29, 0.717) is 5.92 Å². The van der Waals surface area contributed by atoms with Crippen LogP contribution >= 0.6 is 11.8 Å². The van der Waals surface area contributed by atoms with Gasteiger partial charge in [0.2, 0.25) is 0 Å². The van der Waals surface area contributed by atoms with E-state index in [9.17, 15) is 4.79 Å². The fraction of sp³-hybridized carbons (Fsp3) is 0.714. The zero-order valence-electron chi connectivity index (χ0n) is 11.6. The molecule has 0 saturated heterocycles. The summed E-state index contributed by atoms with van der Waals surface area (Å²) in [6.07, 6.45) is 7.11. The van der Waals surface area contributed by atoms with Crippen molar-refractivity contribution in [1.29, 1.82) is 0 Å². The minimum atomic E-state index is -0.789. The molecule has 1 aromatic rings. The smallest absolute Gasteiger partial charge is 0.313 e. The Morgan fingerprint density at radius 1 is 1.53 bits per heavy atom. The minimum absolute atomic E-state index is 0.0800. The van der Waals surface area contributed by atoms with Crippen LogP contribution < -0.4 is 0 Å². The number of aliphatic carboxylic acids is 1. The molecule has 5 heteroatoms. The normalized spacial score (nSPS) is 23.5. The molecule has 0 radical (unpaired) electrons. The van der Waals surface area contributed by atoms with Gasteiger partial charge in [0.15, 0.2) is 5.16 Å². The average molecular weight is 282 g/mol. The molecule has 1 aliphatic carbocycles. The summed E-state index contributed by atoms with van der Waals surface area (Å²) in [5, 5.41) is 9.62. The summed E-state index contributed by atoms with van der Waals surface area (Å²) in [5.41, 5.74) is 1.13. The lowest BCUT2D eigenvalue weighted by Crippen LogP contribution is -2.23. The van der Waals surface area contributed by atoms with Crippen LogP contribution in [0.3, 0.4) is 0 Å². The number of aromatic nitrogens is 2. The summed E-state index contributed by atoms with van der Waals surface area (Å²) >= 11 is 1.32. The van der Waals surface area contributed by atoms with E-state index in [1.54, 1.807) is 0 Å². The number of carboxylic acids is 1. The van der Waals surface area contributed by atoms with E-state index < -0.39 is 5.97 Å². The third kappa shape index (κ3) is 3.75. The molecule has 4 nitrogen and oxygen atoms in total. The van der Waals surface area contributed by atoms with Gasteiger partial charge in [0, 0.05) is 18.4 Å². The molecule has 0 spiro atoms. The van der Waals surface area contributed by atoms with E-state index in [-0.39, 0.29) is 5.75 Å². The predicted octanol–water partition coefficient (Wildman–Crippen LogP) is 3.19. The maximum atomic E-state index is 10.7. The molecule has 0 aromatic carbocycles. The van der Waals surface area contributed by atoms with Gasteiger partial charge in [0.25, 0.3) is 0 Å². The Balaban J connectivity index is 2.05. The highest BCUT2D eigenvalue weighted by Gasteiger charge is 2.23. The van der Waals surface area contributed by atoms with Gasteiger partial charge in [-0.15, -0.1) is 0 Å². The molecular weight excluding hydrogens is 260 g/mol. The van der Waals surface area contributed by atoms with Gasteiger partial charge in [-0.25, -0.2) is 4.98 Å². The quantitative estimate of drug-likeness (QED) is 0.843. The van der Waals surface area contributed by atoms with E-state index in [4.69, 9.17) is 5.11 Å². The molecular formula is C14H22N2O2S. The molecule has 19 heavy (non-hydrogen) atoms. The molecule has 1 fully saturated rings. The van der Waals surface area contributed by atoms with Crippen LogP contribution in [0.2, 0.25) is 0 Å². The van der Waals surface area contributed by atoms with Crippen LogP contribution in [0.4, 0.5) is 0 Å². The third-order valence-electron chi connectivity index (χ3n) is 4.05. The second kappa shape index (κ2) is 6.46. The first-order valence-corrected chi connectivity index (χ1v) is 7.93. The number of carboxylic acid groups (broad SMARTS) is 1. The zero-order valence-corrected chi connectivity index (χ0v) is 12.4. The lowest BCUT2D eigenvalue weighted by molar-refractivity contribution is -0.133. The molecule has 1 heterocycles. The Kier molecular flexibility index (Phi) is 4.91. The summed E-state index contributed by atoms with van der Waals surface area (Å²) in [5.74, 6) is 0.748. The second-order valence-electron chi connectivity index (χ2n) is 5.50. The van der Waals surface area contributed by atoms with Crippen molar-refractivity contribution in [3.63, 3.8) is 0 Å². The Hall–Kier alpha value is -0.970. The van der Waals surface area contributed by atoms with Gasteiger partial charge in [0.05, 0.1) is 5.75 Å². The second-order valence-corrected chi connectivity index (χ2v) is 6.44. The van der Waals surface area contributed by atoms with Gasteiger partial charge in [-0.2, -0.15) is 0 Å². The van der Waals surface area contributed by atoms with E-state index in [1.165, 1.54) is 37.4 Å². The van der Waals surface area contributed by atoms with Crippen molar-refractivity contribution in [2.45, 2.75) is 51.2 Å². The number of hydrogen-bond acceptors (Lipinski definition) is 3. The Labute approximate surface area is 118 Å². The maximum Gasteiger partial charge on any atom is 0.313 e. The van der Waals surface area contributed by atoms with Crippen molar-refractivity contribution in [2.24, 2.45) is 11.8 Å². The van der Waals surface area contributed by atoms with E-state index in [0.717, 1.165) is 23.3 Å². The molecule has 0 amide bonds. The maximum absolute atomic E-state index is 10.7. The molecule has 2 unspecified atom stereocenters. The number of rotatable bonds is 5. The van der Waals surface area contributed by atoms with Crippen LogP contribution in [0.1, 0.15) is 38.3 Å². The van der Waals surface area contributed by atoms with Crippen molar-refractivity contribution in [1.82, 2.24) is 9.55 Å². The van der Waals surface area contributed by atoms with Crippen molar-refractivity contribution in [3.05, 3.63) is 11.9 Å². The fourth-order valence-electron chi connectivity index (χ4n) is 2.80. The summed E-state index contributed by atoms with van der Waals surface area (Å²) in [6.45, 7) is 5.36. The van der Waals surface area contributed by atoms with E-state index in [2.05, 4.69) is 16.5 Å². The molecule has 2 rings (SSSR count). The largest absolute Gasteiger partial charge is 0.481 e. The first kappa shape index (κ1) is 14.4. The molecule has 0 aliphatic heterocycles. The van der Waals surface area contributed by atoms with Crippen LogP contribution in [0.5, 0.6) is 0 Å². The standard InChI is InChI=1S/C14H22N2O2S/c1-10-5-3-4-6-12(10)8-16-11(2)7-15-14(16)19-9-13(17)18/h7,10,12H,3-6,8-9H2,1-2H3,(H,17,18). The van der Waals surface area contributed by atoms with Crippen LogP contribution in [0.15, 0.2) is 11.4 Å². The molecule has 106 valence electrons. The minimum Gasteiger partial charge on any atom is -0.481 e. The third-order valence-corrected chi connectivity index (χ3v) is 5.02. The highest BCUT2D eigenvalue weighted by atomic mass is 32.2. The van der Waals surface area contributed by atoms with Gasteiger partial charge in [0.1, 0.15) is 0 Å². The van der Waals surface area contributed by atoms with Crippen LogP contribution in [-0.4, -0.2) is 26.4 Å². The molecule has 0 bridgehead atoms. The number of carbonyl (C=O) groups is 1. The Morgan fingerprint density at radius 3 is 2.95 bits per heavy atom. The number of aryl methyl sites for hydroxylation is 1. The summed E-state index contributed by atoms with van der Waals surface area (Å²) in [7, 11) is 0.